The zero-order valence-corrected chi connectivity index (χ0v) is 29.2. The molecule has 2 aromatic rings. The first kappa shape index (κ1) is 37.6. The number of phenolic OH excluding ortho intramolecular Hbond substituents is 2. The van der Waals surface area contributed by atoms with Crippen molar-refractivity contribution < 1.29 is 58.8 Å². The van der Waals surface area contributed by atoms with Gasteiger partial charge in [-0.3, -0.25) is 24.1 Å². The number of hydrogen-bond acceptors (Lipinski definition) is 16. The summed E-state index contributed by atoms with van der Waals surface area (Å²) < 4.78 is 0. The third-order valence-corrected chi connectivity index (χ3v) is 10.6. The van der Waals surface area contributed by atoms with Gasteiger partial charge >= 0.3 is 18.0 Å². The number of anilines is 1. The van der Waals surface area contributed by atoms with E-state index in [1.807, 2.05) is 0 Å². The second kappa shape index (κ2) is 14.1. The lowest BCUT2D eigenvalue weighted by atomic mass is 10.1. The lowest BCUT2D eigenvalue weighted by molar-refractivity contribution is -0.161. The maximum atomic E-state index is 13.3. The van der Waals surface area contributed by atoms with E-state index in [0.29, 0.717) is 0 Å². The van der Waals surface area contributed by atoms with E-state index < -0.39 is 92.1 Å². The Balaban J connectivity index is 1.23. The van der Waals surface area contributed by atoms with E-state index in [0.717, 1.165) is 51.4 Å². The Kier molecular flexibility index (Phi) is 10.2. The number of rotatable bonds is 13. The van der Waals surface area contributed by atoms with E-state index in [4.69, 9.17) is 22.2 Å². The van der Waals surface area contributed by atoms with Gasteiger partial charge in [0.05, 0.1) is 30.2 Å². The summed E-state index contributed by atoms with van der Waals surface area (Å²) in [6.07, 6.45) is 1.08. The highest BCUT2D eigenvalue weighted by atomic mass is 35.5. The fourth-order valence-electron chi connectivity index (χ4n) is 4.99. The molecule has 1 aromatic carbocycles. The summed E-state index contributed by atoms with van der Waals surface area (Å²) in [5, 5.41) is 52.1. The van der Waals surface area contributed by atoms with Crippen LogP contribution in [-0.2, 0) is 28.8 Å². The van der Waals surface area contributed by atoms with Crippen molar-refractivity contribution in [2.24, 2.45) is 10.3 Å². The number of carboxylic acid groups (broad SMARTS) is 2. The van der Waals surface area contributed by atoms with Crippen molar-refractivity contribution >= 4 is 93.2 Å². The van der Waals surface area contributed by atoms with E-state index in [-0.39, 0.29) is 36.0 Å². The van der Waals surface area contributed by atoms with E-state index >= 15 is 0 Å². The van der Waals surface area contributed by atoms with Gasteiger partial charge in [-0.05, 0) is 26.0 Å². The highest BCUT2D eigenvalue weighted by molar-refractivity contribution is 8.02. The number of urea groups is 1. The Bertz CT molecular complexity index is 1960. The first-order valence-electron chi connectivity index (χ1n) is 14.8. The largest absolute Gasteiger partial charge is 0.504 e. The maximum Gasteiger partial charge on any atom is 0.350 e. The van der Waals surface area contributed by atoms with Gasteiger partial charge in [0.15, 0.2) is 22.3 Å². The summed E-state index contributed by atoms with van der Waals surface area (Å²) >= 11 is 7.53. The molecule has 3 aliphatic rings. The molecule has 276 valence electrons. The van der Waals surface area contributed by atoms with Crippen LogP contribution in [0.3, 0.4) is 0 Å². The number of nitrogens with zero attached hydrogens (tertiary/aromatic N) is 6. The lowest BCUT2D eigenvalue weighted by Crippen LogP contribution is -2.68. The summed E-state index contributed by atoms with van der Waals surface area (Å²) in [6.45, 7) is 1.39. The first-order valence-corrected chi connectivity index (χ1v) is 16.9. The molecule has 3 saturated heterocycles. The number of amides is 5. The van der Waals surface area contributed by atoms with Crippen LogP contribution in [0.4, 0.5) is 9.93 Å². The number of benzene rings is 1. The molecule has 52 heavy (non-hydrogen) atoms. The van der Waals surface area contributed by atoms with Gasteiger partial charge in [0, 0.05) is 18.1 Å². The first-order chi connectivity index (χ1) is 24.4. The fourth-order valence-corrected chi connectivity index (χ4v) is 7.42. The van der Waals surface area contributed by atoms with E-state index in [9.17, 15) is 54.0 Å². The minimum absolute atomic E-state index is 0.0582. The highest BCUT2D eigenvalue weighted by Crippen LogP contribution is 2.49. The smallest absolute Gasteiger partial charge is 0.350 e. The number of aromatic hydroxyl groups is 2. The van der Waals surface area contributed by atoms with Crippen LogP contribution in [0.25, 0.3) is 0 Å². The van der Waals surface area contributed by atoms with Crippen LogP contribution in [0.5, 0.6) is 11.5 Å². The van der Waals surface area contributed by atoms with Gasteiger partial charge < -0.3 is 46.5 Å². The van der Waals surface area contributed by atoms with Crippen LogP contribution in [0, 0.1) is 0 Å². The summed E-state index contributed by atoms with van der Waals surface area (Å²) in [4.78, 5) is 98.0. The predicted molar refractivity (Wildman–Crippen MR) is 181 cm³/mol. The number of Topliss-reactive ketones (excluding diaryl/α,β-unsaturated/α-hetero) is 1. The second-order valence-corrected chi connectivity index (χ2v) is 14.3. The van der Waals surface area contributed by atoms with Gasteiger partial charge in [-0.2, -0.15) is 5.10 Å². The number of nitrogens with one attached hydrogen (secondary N) is 2. The Labute approximate surface area is 305 Å². The van der Waals surface area contributed by atoms with Crippen molar-refractivity contribution in [2.45, 2.75) is 35.7 Å². The zero-order valence-electron chi connectivity index (χ0n) is 26.8. The molecule has 0 saturated carbocycles. The molecule has 0 spiro atoms. The molecule has 8 N–H and O–H groups in total. The van der Waals surface area contributed by atoms with Crippen LogP contribution in [0.1, 0.15) is 29.9 Å². The van der Waals surface area contributed by atoms with Crippen LogP contribution in [0.15, 0.2) is 27.8 Å². The maximum absolute atomic E-state index is 13.3. The molecule has 3 atom stereocenters. The molecular weight excluding hydrogens is 754 g/mol. The number of carbonyl (C=O) groups is 7. The number of carbonyl (C=O) groups excluding carboxylic acids is 5. The van der Waals surface area contributed by atoms with Crippen LogP contribution in [-0.4, -0.2) is 142 Å². The zero-order chi connectivity index (χ0) is 38.3. The molecule has 3 fully saturated rings. The summed E-state index contributed by atoms with van der Waals surface area (Å²) in [6, 6.07) is -0.0958. The van der Waals surface area contributed by atoms with E-state index in [1.54, 1.807) is 0 Å². The number of halogens is 1. The number of aromatic nitrogens is 1. The van der Waals surface area contributed by atoms with E-state index in [1.165, 1.54) is 24.1 Å². The number of carboxylic acids is 2. The Morgan fingerprint density at radius 2 is 1.88 bits per heavy atom. The quantitative estimate of drug-likeness (QED) is 0.0329. The summed E-state index contributed by atoms with van der Waals surface area (Å²) in [7, 11) is 0. The standard InChI is InChI=1S/C28H28ClN9O12S2/c1-27(2,23(45)46)50-35-15(12-9-51-25(30)33-12)19(42)34-16-21(44)36-10-28(24(47)48,52-22(16)36)37-7-8-38(26(37)49)32-6-5-31-20(43)17(40)11-3-4-13(39)18(41)14(11)29/h3-4,6,9,16,22,39,41H,5,7-8,10H2,1-2H3,(H2,30,33)(H,31,43)(H,34,42)(H,45,46)(H,47,48)/b32-6+,35-15-/t16?,22-,28-/m1/s1. The average Bonchev–Trinajstić information content (AvgIpc) is 3.80. The van der Waals surface area contributed by atoms with Crippen LogP contribution in [0.2, 0.25) is 5.02 Å². The highest BCUT2D eigenvalue weighted by Gasteiger charge is 2.66. The third kappa shape index (κ3) is 6.83. The summed E-state index contributed by atoms with van der Waals surface area (Å²) in [5.41, 5.74) is 2.90. The molecule has 5 rings (SSSR count). The van der Waals surface area contributed by atoms with Gasteiger partial charge in [0.2, 0.25) is 16.4 Å². The molecule has 1 aromatic heterocycles. The number of fused-ring (bicyclic) bond motifs is 1. The minimum atomic E-state index is -1.98. The Morgan fingerprint density at radius 1 is 1.17 bits per heavy atom. The van der Waals surface area contributed by atoms with Crippen molar-refractivity contribution in [2.75, 3.05) is 31.9 Å². The molecule has 0 radical (unpaired) electrons. The molecule has 24 heteroatoms. The van der Waals surface area contributed by atoms with Gasteiger partial charge in [0.1, 0.15) is 17.1 Å². The number of hydrazone groups is 1. The van der Waals surface area contributed by atoms with Gasteiger partial charge in [-0.25, -0.2) is 24.4 Å². The van der Waals surface area contributed by atoms with Gasteiger partial charge in [0.25, 0.3) is 17.6 Å². The number of aliphatic carboxylic acids is 2. The van der Waals surface area contributed by atoms with Gasteiger partial charge in [-0.15, -0.1) is 11.3 Å². The number of thiazole rings is 1. The Hall–Kier alpha value is -5.68. The minimum Gasteiger partial charge on any atom is -0.504 e. The molecule has 21 nitrogen and oxygen atoms in total. The number of β-lactam (4-membered cyclic amide) rings is 1. The van der Waals surface area contributed by atoms with Crippen LogP contribution >= 0.6 is 34.7 Å². The van der Waals surface area contributed by atoms with E-state index in [2.05, 4.69) is 25.9 Å². The van der Waals surface area contributed by atoms with Crippen LogP contribution < -0.4 is 16.4 Å². The van der Waals surface area contributed by atoms with Crippen molar-refractivity contribution in [3.05, 3.63) is 33.8 Å². The fraction of sp³-hybridized carbons (Fsp3) is 0.357. The van der Waals surface area contributed by atoms with Crippen molar-refractivity contribution in [1.82, 2.24) is 30.4 Å². The predicted octanol–water partition coefficient (Wildman–Crippen LogP) is -0.723. The number of ketones is 1. The number of nitrogens with two attached hydrogens (primary N) is 1. The molecule has 1 unspecified atom stereocenters. The number of thioether (sulfide) groups is 1. The number of nitrogen functional groups attached to an aromatic ring is 1. The molecule has 0 aliphatic carbocycles. The lowest BCUT2D eigenvalue weighted by Gasteiger charge is -2.41. The van der Waals surface area contributed by atoms with Crippen molar-refractivity contribution in [3.63, 3.8) is 0 Å². The molecular formula is C28H28ClN9O12S2. The topological polar surface area (TPSA) is 307 Å². The molecule has 5 amide bonds. The SMILES string of the molecule is CC(C)(O/N=C(\C(=O)NC1C(=O)N2C[C@@](C(=O)O)(N3CCN(/N=C/CNC(=O)C(=O)c4ccc(O)c(O)c4Cl)C3=O)S[C@H]12)c1csc(N)n1)C(=O)O. The van der Waals surface area contributed by atoms with Crippen molar-refractivity contribution in [1.29, 1.82) is 0 Å². The second-order valence-electron chi connectivity index (χ2n) is 11.6. The molecule has 3 aliphatic heterocycles. The monoisotopic (exact) mass is 781 g/mol. The number of phenols is 2. The van der Waals surface area contributed by atoms with Gasteiger partial charge in [-0.1, -0.05) is 28.5 Å². The number of hydrogen-bond donors (Lipinski definition) is 7. The van der Waals surface area contributed by atoms with Crippen molar-refractivity contribution in [3.8, 4) is 11.5 Å². The third-order valence-electron chi connectivity index (χ3n) is 7.87. The summed E-state index contributed by atoms with van der Waals surface area (Å²) in [5.74, 6) is -8.11. The molecule has 4 heterocycles. The Morgan fingerprint density at radius 3 is 2.52 bits per heavy atom. The molecule has 0 bridgehead atoms. The number of oxime groups is 1. The normalized spacial score (nSPS) is 21.6. The average molecular weight is 782 g/mol.